The summed E-state index contributed by atoms with van der Waals surface area (Å²) in [7, 11) is 0. The zero-order chi connectivity index (χ0) is 13.3. The molecule has 1 fully saturated rings. The first-order chi connectivity index (χ1) is 8.50. The third-order valence-corrected chi connectivity index (χ3v) is 3.54. The average molecular weight is 250 g/mol. The first-order valence-electron chi connectivity index (χ1n) is 6.23. The van der Waals surface area contributed by atoms with E-state index in [0.29, 0.717) is 17.3 Å². The topological polar surface area (TPSA) is 66.6 Å². The molecule has 1 saturated heterocycles. The fraction of sp³-hybridized carbons (Fsp3) is 0.538. The highest BCUT2D eigenvalue weighted by Gasteiger charge is 2.27. The predicted molar refractivity (Wildman–Crippen MR) is 69.8 cm³/mol. The summed E-state index contributed by atoms with van der Waals surface area (Å²) in [6.07, 6.45) is 1.44. The van der Waals surface area contributed by atoms with Crippen LogP contribution in [-0.2, 0) is 0 Å². The van der Waals surface area contributed by atoms with E-state index in [1.807, 2.05) is 0 Å². The lowest BCUT2D eigenvalue weighted by Crippen LogP contribution is -2.27. The van der Waals surface area contributed by atoms with Crippen LogP contribution in [0.4, 0.5) is 11.4 Å². The van der Waals surface area contributed by atoms with Crippen molar-refractivity contribution in [3.05, 3.63) is 33.9 Å². The van der Waals surface area contributed by atoms with Crippen LogP contribution in [0.2, 0.25) is 0 Å². The van der Waals surface area contributed by atoms with Gasteiger partial charge in [0.1, 0.15) is 5.69 Å². The normalized spacial score (nSPS) is 21.1. The van der Waals surface area contributed by atoms with Crippen molar-refractivity contribution in [2.24, 2.45) is 0 Å². The highest BCUT2D eigenvalue weighted by molar-refractivity contribution is 5.65. The number of anilines is 1. The van der Waals surface area contributed by atoms with E-state index in [2.05, 4.69) is 11.8 Å². The summed E-state index contributed by atoms with van der Waals surface area (Å²) in [4.78, 5) is 12.9. The van der Waals surface area contributed by atoms with Gasteiger partial charge in [-0.3, -0.25) is 10.1 Å². The van der Waals surface area contributed by atoms with E-state index in [1.165, 1.54) is 6.07 Å². The van der Waals surface area contributed by atoms with Crippen molar-refractivity contribution in [3.8, 4) is 0 Å². The van der Waals surface area contributed by atoms with Gasteiger partial charge in [0, 0.05) is 18.7 Å². The quantitative estimate of drug-likeness (QED) is 0.661. The molecule has 0 aliphatic carbocycles. The molecule has 2 rings (SSSR count). The number of nitro benzene ring substituents is 1. The molecule has 0 spiro atoms. The largest absolute Gasteiger partial charge is 0.389 e. The minimum Gasteiger partial charge on any atom is -0.389 e. The summed E-state index contributed by atoms with van der Waals surface area (Å²) in [6, 6.07) is 5.33. The minimum atomic E-state index is -0.686. The number of hydrogen-bond acceptors (Lipinski definition) is 4. The number of hydrogen-bond donors (Lipinski definition) is 1. The van der Waals surface area contributed by atoms with E-state index in [0.717, 1.165) is 19.4 Å². The maximum atomic E-state index is 11.2. The van der Waals surface area contributed by atoms with E-state index in [9.17, 15) is 15.2 Å². The Labute approximate surface area is 106 Å². The molecule has 1 N–H and O–H groups in total. The number of benzene rings is 1. The Hall–Kier alpha value is -1.62. The highest BCUT2D eigenvalue weighted by Crippen LogP contribution is 2.35. The van der Waals surface area contributed by atoms with Crippen molar-refractivity contribution in [3.63, 3.8) is 0 Å². The molecule has 0 amide bonds. The zero-order valence-electron chi connectivity index (χ0n) is 10.7. The average Bonchev–Trinajstić information content (AvgIpc) is 2.74. The molecule has 1 aliphatic heterocycles. The number of nitro groups is 1. The lowest BCUT2D eigenvalue weighted by atomic mass is 10.1. The summed E-state index contributed by atoms with van der Waals surface area (Å²) < 4.78 is 0. The third-order valence-electron chi connectivity index (χ3n) is 3.54. The molecular formula is C13H18N2O3. The van der Waals surface area contributed by atoms with Crippen LogP contribution >= 0.6 is 0 Å². The van der Waals surface area contributed by atoms with Crippen LogP contribution in [0.3, 0.4) is 0 Å². The van der Waals surface area contributed by atoms with Crippen LogP contribution in [0, 0.1) is 10.1 Å². The van der Waals surface area contributed by atoms with E-state index < -0.39 is 6.10 Å². The van der Waals surface area contributed by atoms with E-state index >= 15 is 0 Å². The van der Waals surface area contributed by atoms with Crippen molar-refractivity contribution >= 4 is 11.4 Å². The van der Waals surface area contributed by atoms with Gasteiger partial charge in [0.25, 0.3) is 5.69 Å². The molecule has 98 valence electrons. The van der Waals surface area contributed by atoms with Crippen molar-refractivity contribution in [1.29, 1.82) is 0 Å². The van der Waals surface area contributed by atoms with Crippen molar-refractivity contribution in [2.75, 3.05) is 11.4 Å². The molecule has 0 bridgehead atoms. The molecule has 1 aromatic carbocycles. The zero-order valence-corrected chi connectivity index (χ0v) is 10.7. The molecule has 18 heavy (non-hydrogen) atoms. The second kappa shape index (κ2) is 4.94. The van der Waals surface area contributed by atoms with Crippen LogP contribution in [0.5, 0.6) is 0 Å². The Morgan fingerprint density at radius 3 is 2.78 bits per heavy atom. The molecule has 2 atom stereocenters. The number of aliphatic hydroxyl groups excluding tert-OH is 1. The predicted octanol–water partition coefficient (Wildman–Crippen LogP) is 2.64. The van der Waals surface area contributed by atoms with Gasteiger partial charge in [-0.05, 0) is 38.3 Å². The summed E-state index contributed by atoms with van der Waals surface area (Å²) in [5.74, 6) is 0. The Kier molecular flexibility index (Phi) is 3.52. The monoisotopic (exact) mass is 250 g/mol. The lowest BCUT2D eigenvalue weighted by Gasteiger charge is -2.23. The Balaban J connectivity index is 2.43. The summed E-state index contributed by atoms with van der Waals surface area (Å²) in [5, 5.41) is 20.7. The van der Waals surface area contributed by atoms with Gasteiger partial charge in [-0.25, -0.2) is 0 Å². The van der Waals surface area contributed by atoms with Crippen molar-refractivity contribution in [1.82, 2.24) is 0 Å². The van der Waals surface area contributed by atoms with E-state index in [1.54, 1.807) is 19.1 Å². The van der Waals surface area contributed by atoms with Gasteiger partial charge in [0.15, 0.2) is 0 Å². The Morgan fingerprint density at radius 1 is 1.56 bits per heavy atom. The molecule has 0 radical (unpaired) electrons. The summed E-state index contributed by atoms with van der Waals surface area (Å²) >= 11 is 0. The molecular weight excluding hydrogens is 232 g/mol. The summed E-state index contributed by atoms with van der Waals surface area (Å²) in [6.45, 7) is 4.55. The maximum Gasteiger partial charge on any atom is 0.292 e. The maximum absolute atomic E-state index is 11.2. The highest BCUT2D eigenvalue weighted by atomic mass is 16.6. The van der Waals surface area contributed by atoms with Gasteiger partial charge >= 0.3 is 0 Å². The SMILES string of the molecule is CC1CCCN1c1ccc([C@@H](C)O)cc1[N+](=O)[O-]. The molecule has 5 nitrogen and oxygen atoms in total. The van der Waals surface area contributed by atoms with Crippen molar-refractivity contribution in [2.45, 2.75) is 38.8 Å². The van der Waals surface area contributed by atoms with Gasteiger partial charge < -0.3 is 10.0 Å². The fourth-order valence-corrected chi connectivity index (χ4v) is 2.48. The minimum absolute atomic E-state index is 0.0853. The second-order valence-corrected chi connectivity index (χ2v) is 4.87. The molecule has 1 aliphatic rings. The number of aliphatic hydroxyl groups is 1. The van der Waals surface area contributed by atoms with E-state index in [4.69, 9.17) is 0 Å². The first-order valence-corrected chi connectivity index (χ1v) is 6.23. The van der Waals surface area contributed by atoms with Crippen LogP contribution in [0.25, 0.3) is 0 Å². The van der Waals surface area contributed by atoms with Gasteiger partial charge in [0.2, 0.25) is 0 Å². The molecule has 1 unspecified atom stereocenters. The van der Waals surface area contributed by atoms with Crippen molar-refractivity contribution < 1.29 is 10.0 Å². The smallest absolute Gasteiger partial charge is 0.292 e. The Morgan fingerprint density at radius 2 is 2.28 bits per heavy atom. The summed E-state index contributed by atoms with van der Waals surface area (Å²) in [5.41, 5.74) is 1.33. The van der Waals surface area contributed by atoms with E-state index in [-0.39, 0.29) is 10.6 Å². The molecule has 5 heteroatoms. The van der Waals surface area contributed by atoms with Crippen LogP contribution in [0.1, 0.15) is 38.4 Å². The fourth-order valence-electron chi connectivity index (χ4n) is 2.48. The van der Waals surface area contributed by atoms with Crippen LogP contribution in [-0.4, -0.2) is 22.6 Å². The molecule has 0 saturated carbocycles. The molecule has 0 aromatic heterocycles. The van der Waals surface area contributed by atoms with Crippen LogP contribution in [0.15, 0.2) is 18.2 Å². The lowest BCUT2D eigenvalue weighted by molar-refractivity contribution is -0.384. The molecule has 1 heterocycles. The van der Waals surface area contributed by atoms with Gasteiger partial charge in [-0.15, -0.1) is 0 Å². The standard InChI is InChI=1S/C13H18N2O3/c1-9-4-3-7-14(9)12-6-5-11(10(2)16)8-13(12)15(17)18/h5-6,8-10,16H,3-4,7H2,1-2H3/t9?,10-/m1/s1. The molecule has 1 aromatic rings. The van der Waals surface area contributed by atoms with Gasteiger partial charge in [-0.1, -0.05) is 6.07 Å². The second-order valence-electron chi connectivity index (χ2n) is 4.87. The van der Waals surface area contributed by atoms with Gasteiger partial charge in [0.05, 0.1) is 11.0 Å². The number of rotatable bonds is 3. The first kappa shape index (κ1) is 12.8. The Bertz CT molecular complexity index is 460. The van der Waals surface area contributed by atoms with Gasteiger partial charge in [-0.2, -0.15) is 0 Å². The number of nitrogens with zero attached hydrogens (tertiary/aromatic N) is 2. The van der Waals surface area contributed by atoms with Crippen LogP contribution < -0.4 is 4.90 Å². The third kappa shape index (κ3) is 2.31.